The molecule has 0 aromatic heterocycles. The Morgan fingerprint density at radius 3 is 2.00 bits per heavy atom. The largest absolute Gasteiger partial charge is 0.303 e. The summed E-state index contributed by atoms with van der Waals surface area (Å²) in [5, 5.41) is 0. The molecule has 0 radical (unpaired) electrons. The minimum atomic E-state index is -3.22. The van der Waals surface area contributed by atoms with E-state index in [-0.39, 0.29) is 30.6 Å². The average molecular weight is 226 g/mol. The molecule has 1 fully saturated rings. The Morgan fingerprint density at radius 2 is 1.71 bits per heavy atom. The number of rotatable bonds is 2. The van der Waals surface area contributed by atoms with Crippen LogP contribution in [0.3, 0.4) is 0 Å². The molecule has 0 unspecified atom stereocenters. The van der Waals surface area contributed by atoms with Gasteiger partial charge in [-0.2, -0.15) is 0 Å². The fourth-order valence-electron chi connectivity index (χ4n) is 1.56. The van der Waals surface area contributed by atoms with Gasteiger partial charge >= 0.3 is 0 Å². The summed E-state index contributed by atoms with van der Waals surface area (Å²) in [6.45, 7) is 0.666. The molecule has 6 heteroatoms. The van der Waals surface area contributed by atoms with Gasteiger partial charge in [0.1, 0.15) is 16.1 Å². The van der Waals surface area contributed by atoms with Gasteiger partial charge in [0.25, 0.3) is 5.92 Å². The number of halogens is 2. The minimum absolute atomic E-state index is 0.210. The van der Waals surface area contributed by atoms with Gasteiger partial charge < -0.3 is 4.79 Å². The lowest BCUT2D eigenvalue weighted by Gasteiger charge is -2.36. The smallest absolute Gasteiger partial charge is 0.257 e. The molecule has 0 bridgehead atoms. The molecule has 0 atom stereocenters. The van der Waals surface area contributed by atoms with E-state index in [4.69, 9.17) is 0 Å². The zero-order valence-corrected chi connectivity index (χ0v) is 8.61. The average Bonchev–Trinajstić information content (AvgIpc) is 2.03. The van der Waals surface area contributed by atoms with Gasteiger partial charge in [0.2, 0.25) is 0 Å². The van der Waals surface area contributed by atoms with Crippen molar-refractivity contribution < 1.29 is 22.0 Å². The first-order chi connectivity index (χ1) is 6.22. The van der Waals surface area contributed by atoms with Gasteiger partial charge in [0, 0.05) is 6.92 Å². The van der Waals surface area contributed by atoms with Crippen molar-refractivity contribution in [3.05, 3.63) is 0 Å². The summed E-state index contributed by atoms with van der Waals surface area (Å²) in [7, 11) is -3.22. The molecule has 3 nitrogen and oxygen atoms in total. The molecule has 0 N–H and O–H groups in total. The van der Waals surface area contributed by atoms with Crippen LogP contribution in [0.1, 0.15) is 19.8 Å². The first kappa shape index (κ1) is 11.6. The molecule has 0 aliphatic carbocycles. The highest BCUT2D eigenvalue weighted by atomic mass is 32.2. The third kappa shape index (κ3) is 1.94. The molecule has 14 heavy (non-hydrogen) atoms. The second kappa shape index (κ2) is 3.25. The predicted molar refractivity (Wildman–Crippen MR) is 47.0 cm³/mol. The number of hydrogen-bond donors (Lipinski definition) is 0. The highest BCUT2D eigenvalue weighted by Gasteiger charge is 2.52. The van der Waals surface area contributed by atoms with Gasteiger partial charge in [-0.05, 0) is 12.8 Å². The van der Waals surface area contributed by atoms with E-state index in [1.165, 1.54) is 0 Å². The summed E-state index contributed by atoms with van der Waals surface area (Å²) in [5.41, 5.74) is -1.78. The van der Waals surface area contributed by atoms with E-state index in [2.05, 4.69) is 0 Å². The molecular formula is C8H12F2O3S. The maximum absolute atomic E-state index is 13.1. The maximum atomic E-state index is 13.1. The van der Waals surface area contributed by atoms with Crippen LogP contribution in [0.2, 0.25) is 0 Å². The normalized spacial score (nSPS) is 25.6. The van der Waals surface area contributed by atoms with E-state index in [0.717, 1.165) is 0 Å². The van der Waals surface area contributed by atoms with Crippen molar-refractivity contribution in [1.29, 1.82) is 0 Å². The van der Waals surface area contributed by atoms with E-state index in [1.807, 2.05) is 0 Å². The van der Waals surface area contributed by atoms with Gasteiger partial charge in [0.15, 0.2) is 0 Å². The van der Waals surface area contributed by atoms with Gasteiger partial charge in [-0.1, -0.05) is 0 Å². The van der Waals surface area contributed by atoms with Crippen molar-refractivity contribution in [3.63, 3.8) is 0 Å². The van der Waals surface area contributed by atoms with Crippen molar-refractivity contribution in [2.75, 3.05) is 11.5 Å². The van der Waals surface area contributed by atoms with Crippen molar-refractivity contribution in [3.8, 4) is 0 Å². The standard InChI is InChI=1S/C8H12F2O3S/c1-7(9,10)8(6-11)2-4-14(12,13)5-3-8/h6H,2-5H2,1H3. The molecule has 1 aliphatic heterocycles. The Morgan fingerprint density at radius 1 is 1.29 bits per heavy atom. The first-order valence-electron chi connectivity index (χ1n) is 4.27. The van der Waals surface area contributed by atoms with Gasteiger partial charge in [-0.3, -0.25) is 0 Å². The Kier molecular flexibility index (Phi) is 2.69. The van der Waals surface area contributed by atoms with Crippen molar-refractivity contribution in [1.82, 2.24) is 0 Å². The number of sulfone groups is 1. The van der Waals surface area contributed by atoms with Crippen LogP contribution in [-0.4, -0.2) is 32.1 Å². The summed E-state index contributed by atoms with van der Waals surface area (Å²) in [4.78, 5) is 10.7. The number of aldehydes is 1. The third-order valence-corrected chi connectivity index (χ3v) is 4.47. The molecule has 0 spiro atoms. The molecular weight excluding hydrogens is 214 g/mol. The topological polar surface area (TPSA) is 51.2 Å². The zero-order valence-electron chi connectivity index (χ0n) is 7.79. The van der Waals surface area contributed by atoms with Crippen LogP contribution in [0, 0.1) is 5.41 Å². The van der Waals surface area contributed by atoms with Crippen LogP contribution in [0.4, 0.5) is 8.78 Å². The van der Waals surface area contributed by atoms with Crippen LogP contribution in [0.15, 0.2) is 0 Å². The van der Waals surface area contributed by atoms with E-state index < -0.39 is 21.2 Å². The number of hydrogen-bond acceptors (Lipinski definition) is 3. The Balaban J connectivity index is 2.93. The van der Waals surface area contributed by atoms with Gasteiger partial charge in [0.05, 0.1) is 16.9 Å². The molecule has 1 heterocycles. The Bertz CT molecular complexity index is 315. The lowest BCUT2D eigenvalue weighted by Crippen LogP contribution is -2.46. The summed E-state index contributed by atoms with van der Waals surface area (Å²) in [5.74, 6) is -3.80. The van der Waals surface area contributed by atoms with Gasteiger partial charge in [-0.15, -0.1) is 0 Å². The first-order valence-corrected chi connectivity index (χ1v) is 6.09. The number of carbonyl (C=O) groups is 1. The second-order valence-corrected chi connectivity index (χ2v) is 6.12. The fourth-order valence-corrected chi connectivity index (χ4v) is 3.12. The van der Waals surface area contributed by atoms with Crippen molar-refractivity contribution in [2.24, 2.45) is 5.41 Å². The molecule has 0 aromatic rings. The Hall–Kier alpha value is -0.520. The van der Waals surface area contributed by atoms with Crippen LogP contribution >= 0.6 is 0 Å². The summed E-state index contributed by atoms with van der Waals surface area (Å²) >= 11 is 0. The fraction of sp³-hybridized carbons (Fsp3) is 0.875. The quantitative estimate of drug-likeness (QED) is 0.661. The molecule has 1 rings (SSSR count). The summed E-state index contributed by atoms with van der Waals surface area (Å²) < 4.78 is 48.2. The van der Waals surface area contributed by atoms with E-state index in [9.17, 15) is 22.0 Å². The van der Waals surface area contributed by atoms with Crippen LogP contribution in [-0.2, 0) is 14.6 Å². The van der Waals surface area contributed by atoms with Crippen molar-refractivity contribution in [2.45, 2.75) is 25.7 Å². The number of carbonyl (C=O) groups excluding carboxylic acids is 1. The zero-order chi connectivity index (χ0) is 11.0. The minimum Gasteiger partial charge on any atom is -0.303 e. The monoisotopic (exact) mass is 226 g/mol. The van der Waals surface area contributed by atoms with Crippen LogP contribution in [0.5, 0.6) is 0 Å². The molecule has 1 aliphatic rings. The van der Waals surface area contributed by atoms with E-state index >= 15 is 0 Å². The molecule has 82 valence electrons. The highest BCUT2D eigenvalue weighted by molar-refractivity contribution is 7.91. The van der Waals surface area contributed by atoms with Crippen LogP contribution in [0.25, 0.3) is 0 Å². The van der Waals surface area contributed by atoms with Gasteiger partial charge in [-0.25, -0.2) is 17.2 Å². The lowest BCUT2D eigenvalue weighted by atomic mass is 9.78. The maximum Gasteiger partial charge on any atom is 0.257 e. The number of alkyl halides is 2. The van der Waals surface area contributed by atoms with E-state index in [0.29, 0.717) is 6.92 Å². The predicted octanol–water partition coefficient (Wildman–Crippen LogP) is 1.04. The van der Waals surface area contributed by atoms with Crippen molar-refractivity contribution >= 4 is 16.1 Å². The molecule has 0 amide bonds. The lowest BCUT2D eigenvalue weighted by molar-refractivity contribution is -0.144. The molecule has 1 saturated heterocycles. The Labute approximate surface area is 81.4 Å². The SMILES string of the molecule is CC(F)(F)C1(C=O)CCS(=O)(=O)CC1. The van der Waals surface area contributed by atoms with E-state index in [1.54, 1.807) is 0 Å². The molecule has 0 aromatic carbocycles. The second-order valence-electron chi connectivity index (χ2n) is 3.81. The summed E-state index contributed by atoms with van der Waals surface area (Å²) in [6, 6.07) is 0. The molecule has 0 saturated carbocycles. The highest BCUT2D eigenvalue weighted by Crippen LogP contribution is 2.43. The van der Waals surface area contributed by atoms with Crippen LogP contribution < -0.4 is 0 Å². The summed E-state index contributed by atoms with van der Waals surface area (Å²) in [6.07, 6.45) is -0.341. The third-order valence-electron chi connectivity index (χ3n) is 2.82.